The molecular weight excluding hydrogens is 252 g/mol. The Balaban J connectivity index is 2.03. The van der Waals surface area contributed by atoms with Gasteiger partial charge >= 0.3 is 0 Å². The first-order valence-electron chi connectivity index (χ1n) is 5.50. The van der Waals surface area contributed by atoms with Crippen molar-refractivity contribution < 1.29 is 0 Å². The lowest BCUT2D eigenvalue weighted by molar-refractivity contribution is 0.523. The van der Waals surface area contributed by atoms with Crippen LogP contribution in [-0.2, 0) is 12.8 Å². The Morgan fingerprint density at radius 3 is 2.71 bits per heavy atom. The lowest BCUT2D eigenvalue weighted by Crippen LogP contribution is -2.38. The summed E-state index contributed by atoms with van der Waals surface area (Å²) in [6.07, 6.45) is 1.76. The van der Waals surface area contributed by atoms with Gasteiger partial charge in [-0.15, -0.1) is 0 Å². The summed E-state index contributed by atoms with van der Waals surface area (Å²) in [7, 11) is 0. The number of hydrogen-bond donors (Lipinski definition) is 2. The minimum atomic E-state index is 0.212. The molecule has 4 heteroatoms. The van der Waals surface area contributed by atoms with Crippen molar-refractivity contribution in [1.82, 2.24) is 5.43 Å². The maximum absolute atomic E-state index is 6.14. The molecule has 1 aromatic carbocycles. The van der Waals surface area contributed by atoms with Gasteiger partial charge in [0.05, 0.1) is 0 Å². The van der Waals surface area contributed by atoms with Crippen LogP contribution in [0, 0.1) is 0 Å². The predicted octanol–water partition coefficient (Wildman–Crippen LogP) is 3.02. The molecule has 0 spiro atoms. The Hall–Kier alpha value is -0.870. The van der Waals surface area contributed by atoms with Crippen LogP contribution in [0.2, 0.25) is 5.02 Å². The van der Waals surface area contributed by atoms with Crippen LogP contribution in [-0.4, -0.2) is 6.04 Å². The van der Waals surface area contributed by atoms with Crippen LogP contribution in [0.3, 0.4) is 0 Å². The molecule has 1 unspecified atom stereocenters. The van der Waals surface area contributed by atoms with Gasteiger partial charge in [-0.1, -0.05) is 29.8 Å². The molecule has 1 heterocycles. The zero-order valence-corrected chi connectivity index (χ0v) is 11.0. The monoisotopic (exact) mass is 266 g/mol. The van der Waals surface area contributed by atoms with Crippen molar-refractivity contribution >= 4 is 22.9 Å². The van der Waals surface area contributed by atoms with Crippen molar-refractivity contribution in [2.24, 2.45) is 5.84 Å². The van der Waals surface area contributed by atoms with E-state index in [1.165, 1.54) is 5.56 Å². The Morgan fingerprint density at radius 1 is 1.24 bits per heavy atom. The number of benzene rings is 1. The van der Waals surface area contributed by atoms with Gasteiger partial charge in [-0.05, 0) is 46.9 Å². The zero-order chi connectivity index (χ0) is 12.1. The normalized spacial score (nSPS) is 12.6. The van der Waals surface area contributed by atoms with Crippen molar-refractivity contribution in [3.8, 4) is 0 Å². The molecule has 90 valence electrons. The van der Waals surface area contributed by atoms with Gasteiger partial charge in [0.2, 0.25) is 0 Å². The smallest absolute Gasteiger partial charge is 0.0438 e. The summed E-state index contributed by atoms with van der Waals surface area (Å²) in [6.45, 7) is 0. The van der Waals surface area contributed by atoms with Crippen LogP contribution >= 0.6 is 22.9 Å². The van der Waals surface area contributed by atoms with E-state index in [0.29, 0.717) is 0 Å². The first kappa shape index (κ1) is 12.6. The van der Waals surface area contributed by atoms with Crippen LogP contribution in [0.1, 0.15) is 11.1 Å². The van der Waals surface area contributed by atoms with Gasteiger partial charge in [-0.3, -0.25) is 11.3 Å². The highest BCUT2D eigenvalue weighted by Crippen LogP contribution is 2.18. The molecule has 1 aromatic heterocycles. The summed E-state index contributed by atoms with van der Waals surface area (Å²) in [4.78, 5) is 0. The van der Waals surface area contributed by atoms with Gasteiger partial charge < -0.3 is 0 Å². The number of halogens is 1. The van der Waals surface area contributed by atoms with Gasteiger partial charge in [-0.25, -0.2) is 0 Å². The van der Waals surface area contributed by atoms with Crippen molar-refractivity contribution in [3.05, 3.63) is 57.2 Å². The minimum absolute atomic E-state index is 0.212. The van der Waals surface area contributed by atoms with Crippen LogP contribution in [0.25, 0.3) is 0 Å². The first-order valence-corrected chi connectivity index (χ1v) is 6.82. The van der Waals surface area contributed by atoms with Gasteiger partial charge in [0.15, 0.2) is 0 Å². The third-order valence-corrected chi connectivity index (χ3v) is 3.82. The fourth-order valence-electron chi connectivity index (χ4n) is 1.81. The fraction of sp³-hybridized carbons (Fsp3) is 0.231. The number of hydrogen-bond acceptors (Lipinski definition) is 3. The number of thiophene rings is 1. The standard InChI is InChI=1S/C13H15ClN2S/c14-13-4-2-1-3-11(13)8-12(16-15)7-10-5-6-17-9-10/h1-6,9,12,16H,7-8,15H2. The SMILES string of the molecule is NNC(Cc1ccsc1)Cc1ccccc1Cl. The molecule has 2 rings (SSSR count). The summed E-state index contributed by atoms with van der Waals surface area (Å²) in [5.74, 6) is 5.60. The summed E-state index contributed by atoms with van der Waals surface area (Å²) in [5, 5.41) is 5.04. The molecule has 0 aliphatic carbocycles. The molecule has 17 heavy (non-hydrogen) atoms. The summed E-state index contributed by atoms with van der Waals surface area (Å²) in [5.41, 5.74) is 5.30. The average molecular weight is 267 g/mol. The van der Waals surface area contributed by atoms with Crippen LogP contribution in [0.5, 0.6) is 0 Å². The summed E-state index contributed by atoms with van der Waals surface area (Å²) < 4.78 is 0. The Kier molecular flexibility index (Phi) is 4.57. The maximum atomic E-state index is 6.14. The second-order valence-corrected chi connectivity index (χ2v) is 5.18. The van der Waals surface area contributed by atoms with Gasteiger partial charge in [0.25, 0.3) is 0 Å². The fourth-order valence-corrected chi connectivity index (χ4v) is 2.71. The second-order valence-electron chi connectivity index (χ2n) is 3.99. The molecular formula is C13H15ClN2S. The molecule has 0 aliphatic rings. The largest absolute Gasteiger partial charge is 0.271 e. The summed E-state index contributed by atoms with van der Waals surface area (Å²) >= 11 is 7.85. The third kappa shape index (κ3) is 3.54. The van der Waals surface area contributed by atoms with Crippen LogP contribution in [0.15, 0.2) is 41.1 Å². The Labute approximate surface area is 110 Å². The zero-order valence-electron chi connectivity index (χ0n) is 9.40. The van der Waals surface area contributed by atoms with Gasteiger partial charge in [-0.2, -0.15) is 11.3 Å². The quantitative estimate of drug-likeness (QED) is 0.645. The number of hydrazine groups is 1. The van der Waals surface area contributed by atoms with Crippen molar-refractivity contribution in [2.45, 2.75) is 18.9 Å². The number of nitrogens with one attached hydrogen (secondary N) is 1. The molecule has 0 aliphatic heterocycles. The molecule has 3 N–H and O–H groups in total. The van der Waals surface area contributed by atoms with E-state index < -0.39 is 0 Å². The molecule has 2 nitrogen and oxygen atoms in total. The highest BCUT2D eigenvalue weighted by atomic mass is 35.5. The van der Waals surface area contributed by atoms with Gasteiger partial charge in [0.1, 0.15) is 0 Å². The van der Waals surface area contributed by atoms with E-state index >= 15 is 0 Å². The lowest BCUT2D eigenvalue weighted by Gasteiger charge is -2.16. The Bertz CT molecular complexity index is 456. The molecule has 0 bridgehead atoms. The predicted molar refractivity (Wildman–Crippen MR) is 74.3 cm³/mol. The molecule has 0 amide bonds. The van der Waals surface area contributed by atoms with E-state index in [0.717, 1.165) is 23.4 Å². The first-order chi connectivity index (χ1) is 8.29. The van der Waals surface area contributed by atoms with E-state index in [2.05, 4.69) is 22.3 Å². The molecule has 1 atom stereocenters. The van der Waals surface area contributed by atoms with Gasteiger partial charge in [0, 0.05) is 11.1 Å². The van der Waals surface area contributed by atoms with E-state index in [9.17, 15) is 0 Å². The topological polar surface area (TPSA) is 38.0 Å². The van der Waals surface area contributed by atoms with E-state index in [4.69, 9.17) is 17.4 Å². The number of rotatable bonds is 5. The molecule has 0 saturated carbocycles. The molecule has 2 aromatic rings. The second kappa shape index (κ2) is 6.17. The molecule has 0 saturated heterocycles. The maximum Gasteiger partial charge on any atom is 0.0438 e. The van der Waals surface area contributed by atoms with E-state index in [1.807, 2.05) is 24.3 Å². The average Bonchev–Trinajstić information content (AvgIpc) is 2.84. The summed E-state index contributed by atoms with van der Waals surface area (Å²) in [6, 6.07) is 10.2. The van der Waals surface area contributed by atoms with E-state index in [-0.39, 0.29) is 6.04 Å². The van der Waals surface area contributed by atoms with Crippen LogP contribution < -0.4 is 11.3 Å². The molecule has 0 fully saturated rings. The van der Waals surface area contributed by atoms with Crippen molar-refractivity contribution in [2.75, 3.05) is 0 Å². The minimum Gasteiger partial charge on any atom is -0.271 e. The van der Waals surface area contributed by atoms with Crippen molar-refractivity contribution in [1.29, 1.82) is 0 Å². The third-order valence-electron chi connectivity index (χ3n) is 2.72. The number of nitrogens with two attached hydrogens (primary N) is 1. The Morgan fingerprint density at radius 2 is 2.06 bits per heavy atom. The molecule has 0 radical (unpaired) electrons. The van der Waals surface area contributed by atoms with Crippen molar-refractivity contribution in [3.63, 3.8) is 0 Å². The lowest BCUT2D eigenvalue weighted by atomic mass is 10.0. The van der Waals surface area contributed by atoms with E-state index in [1.54, 1.807) is 11.3 Å². The van der Waals surface area contributed by atoms with Crippen LogP contribution in [0.4, 0.5) is 0 Å². The highest BCUT2D eigenvalue weighted by Gasteiger charge is 2.10. The highest BCUT2D eigenvalue weighted by molar-refractivity contribution is 7.07.